The second-order valence-corrected chi connectivity index (χ2v) is 8.19. The summed E-state index contributed by atoms with van der Waals surface area (Å²) in [5.41, 5.74) is 0. The molecule has 0 amide bonds. The van der Waals surface area contributed by atoms with Crippen LogP contribution in [0.3, 0.4) is 0 Å². The molecule has 0 N–H and O–H groups in total. The maximum absolute atomic E-state index is 8.49. The van der Waals surface area contributed by atoms with Crippen molar-refractivity contribution in [3.05, 3.63) is 27.3 Å². The quantitative estimate of drug-likeness (QED) is 0.620. The molecule has 0 unspecified atom stereocenters. The van der Waals surface area contributed by atoms with Gasteiger partial charge in [-0.05, 0) is 13.8 Å². The molecule has 0 fully saturated rings. The van der Waals surface area contributed by atoms with Gasteiger partial charge in [0.2, 0.25) is 0 Å². The Morgan fingerprint density at radius 1 is 0.957 bits per heavy atom. The molecule has 3 heterocycles. The summed E-state index contributed by atoms with van der Waals surface area (Å²) in [5.74, 6) is 2.25. The Morgan fingerprint density at radius 3 is 2.09 bits per heavy atom. The van der Waals surface area contributed by atoms with Crippen LogP contribution >= 0.6 is 22.7 Å². The SMILES string of the molecule is CCc1cc2c(sc3c(C)sc(C)c32)c(CC)[o+]1.[O-][Cl+3]([O-])([O-])[O-]. The van der Waals surface area contributed by atoms with Gasteiger partial charge in [-0.15, -0.1) is 32.9 Å². The minimum absolute atomic E-state index is 0.961. The minimum Gasteiger partial charge on any atom is -0.222 e. The largest absolute Gasteiger partial charge is 0.346 e. The number of aryl methyl sites for hydroxylation is 4. The third-order valence-corrected chi connectivity index (χ3v) is 5.92. The highest BCUT2D eigenvalue weighted by molar-refractivity contribution is 7.29. The van der Waals surface area contributed by atoms with Crippen molar-refractivity contribution in [2.75, 3.05) is 0 Å². The maximum atomic E-state index is 8.49. The van der Waals surface area contributed by atoms with Gasteiger partial charge >= 0.3 is 11.5 Å². The molecule has 3 aromatic rings. The van der Waals surface area contributed by atoms with Crippen molar-refractivity contribution in [2.45, 2.75) is 40.5 Å². The van der Waals surface area contributed by atoms with E-state index in [4.69, 9.17) is 23.1 Å². The van der Waals surface area contributed by atoms with Gasteiger partial charge in [-0.1, -0.05) is 13.8 Å². The predicted octanol–water partition coefficient (Wildman–Crippen LogP) is 0.976. The summed E-state index contributed by atoms with van der Waals surface area (Å²) in [6.45, 7) is 8.77. The average Bonchev–Trinajstić information content (AvgIpc) is 2.95. The smallest absolute Gasteiger partial charge is 0.222 e. The van der Waals surface area contributed by atoms with E-state index in [0.717, 1.165) is 24.4 Å². The monoisotopic (exact) mass is 376 g/mol. The lowest BCUT2D eigenvalue weighted by molar-refractivity contribution is -2.00. The summed E-state index contributed by atoms with van der Waals surface area (Å²) in [7, 11) is -4.94. The molecule has 5 nitrogen and oxygen atoms in total. The molecule has 8 heteroatoms. The molecule has 0 aliphatic rings. The molecular formula is C15H17ClO5S2. The van der Waals surface area contributed by atoms with Crippen LogP contribution < -0.4 is 18.6 Å². The van der Waals surface area contributed by atoms with Gasteiger partial charge in [0.15, 0.2) is 0 Å². The Kier molecular flexibility index (Phi) is 5.63. The lowest BCUT2D eigenvalue weighted by Gasteiger charge is -2.17. The Labute approximate surface area is 144 Å². The van der Waals surface area contributed by atoms with Gasteiger partial charge in [-0.25, -0.2) is 23.1 Å². The van der Waals surface area contributed by atoms with Crippen molar-refractivity contribution in [1.29, 1.82) is 0 Å². The normalized spacial score (nSPS) is 11.8. The van der Waals surface area contributed by atoms with Gasteiger partial charge in [0.05, 0.1) is 12.8 Å². The first-order valence-electron chi connectivity index (χ1n) is 7.04. The van der Waals surface area contributed by atoms with E-state index in [-0.39, 0.29) is 0 Å². The van der Waals surface area contributed by atoms with E-state index in [1.807, 2.05) is 22.7 Å². The maximum Gasteiger partial charge on any atom is 0.346 e. The van der Waals surface area contributed by atoms with Crippen LogP contribution in [-0.2, 0) is 12.8 Å². The summed E-state index contributed by atoms with van der Waals surface area (Å²) in [6.07, 6.45) is 1.93. The number of hydrogen-bond acceptors (Lipinski definition) is 6. The molecule has 3 aromatic heterocycles. The van der Waals surface area contributed by atoms with Crippen LogP contribution in [0, 0.1) is 24.1 Å². The topological polar surface area (TPSA) is 104 Å². The molecule has 0 saturated carbocycles. The van der Waals surface area contributed by atoms with Crippen LogP contribution in [0.2, 0.25) is 0 Å². The lowest BCUT2D eigenvalue weighted by atomic mass is 10.1. The lowest BCUT2D eigenvalue weighted by Crippen LogP contribution is -2.68. The van der Waals surface area contributed by atoms with E-state index >= 15 is 0 Å². The summed E-state index contributed by atoms with van der Waals surface area (Å²) < 4.78 is 42.7. The Morgan fingerprint density at radius 2 is 1.57 bits per heavy atom. The van der Waals surface area contributed by atoms with Crippen LogP contribution in [0.1, 0.15) is 35.1 Å². The fraction of sp³-hybridized carbons (Fsp3) is 0.400. The van der Waals surface area contributed by atoms with Crippen molar-refractivity contribution >= 4 is 42.8 Å². The summed E-state index contributed by atoms with van der Waals surface area (Å²) in [4.78, 5) is 2.87. The summed E-state index contributed by atoms with van der Waals surface area (Å²) in [6, 6.07) is 2.24. The summed E-state index contributed by atoms with van der Waals surface area (Å²) >= 11 is 3.81. The minimum atomic E-state index is -4.94. The van der Waals surface area contributed by atoms with E-state index in [1.54, 1.807) is 0 Å². The molecule has 0 spiro atoms. The molecule has 126 valence electrons. The molecule has 23 heavy (non-hydrogen) atoms. The first-order chi connectivity index (χ1) is 10.7. The molecular weight excluding hydrogens is 360 g/mol. The zero-order valence-electron chi connectivity index (χ0n) is 13.2. The number of rotatable bonds is 2. The van der Waals surface area contributed by atoms with Gasteiger partial charge in [0.25, 0.3) is 0 Å². The standard InChI is InChI=1S/C15H17OS2.ClHO4/c1-5-10-7-11-13-8(3)17-9(4)14(13)18-15(11)12(6-2)16-10;2-1(3,4)5/h7H,5-6H2,1-4H3;(H,2,3,4,5)/q+1;/p-1. The molecule has 0 bridgehead atoms. The van der Waals surface area contributed by atoms with E-state index in [9.17, 15) is 0 Å². The van der Waals surface area contributed by atoms with E-state index in [0.29, 0.717) is 0 Å². The Bertz CT molecular complexity index is 826. The van der Waals surface area contributed by atoms with Gasteiger partial charge in [-0.3, -0.25) is 0 Å². The van der Waals surface area contributed by atoms with Crippen molar-refractivity contribution < 1.29 is 33.3 Å². The second kappa shape index (κ2) is 6.98. The zero-order chi connectivity index (χ0) is 17.4. The fourth-order valence-electron chi connectivity index (χ4n) is 2.52. The fourth-order valence-corrected chi connectivity index (χ4v) is 5.08. The number of thiophene rings is 2. The van der Waals surface area contributed by atoms with Gasteiger partial charge < -0.3 is 0 Å². The first kappa shape index (κ1) is 18.5. The highest BCUT2D eigenvalue weighted by Gasteiger charge is 2.22. The highest BCUT2D eigenvalue weighted by atomic mass is 35.7. The van der Waals surface area contributed by atoms with Crippen molar-refractivity contribution in [3.8, 4) is 0 Å². The Hall–Kier alpha value is -0.800. The van der Waals surface area contributed by atoms with Gasteiger partial charge in [-0.2, -0.15) is 0 Å². The van der Waals surface area contributed by atoms with E-state index in [2.05, 4.69) is 33.8 Å². The van der Waals surface area contributed by atoms with Gasteiger partial charge in [0.1, 0.15) is 4.70 Å². The Balaban J connectivity index is 0.000000338. The van der Waals surface area contributed by atoms with Crippen LogP contribution in [0.15, 0.2) is 10.5 Å². The third kappa shape index (κ3) is 4.19. The molecule has 0 radical (unpaired) electrons. The molecule has 0 aliphatic heterocycles. The van der Waals surface area contributed by atoms with Crippen molar-refractivity contribution in [3.63, 3.8) is 0 Å². The van der Waals surface area contributed by atoms with Crippen molar-refractivity contribution in [1.82, 2.24) is 0 Å². The molecule has 0 saturated heterocycles. The third-order valence-electron chi connectivity index (χ3n) is 3.41. The number of hydrogen-bond donors (Lipinski definition) is 0. The highest BCUT2D eigenvalue weighted by Crippen LogP contribution is 2.43. The van der Waals surface area contributed by atoms with E-state index < -0.39 is 10.2 Å². The average molecular weight is 377 g/mol. The zero-order valence-corrected chi connectivity index (χ0v) is 15.6. The van der Waals surface area contributed by atoms with Crippen LogP contribution in [-0.4, -0.2) is 0 Å². The van der Waals surface area contributed by atoms with E-state index in [1.165, 1.54) is 29.9 Å². The molecule has 3 rings (SSSR count). The van der Waals surface area contributed by atoms with Crippen LogP contribution in [0.25, 0.3) is 20.2 Å². The summed E-state index contributed by atoms with van der Waals surface area (Å²) in [5, 5.41) is 2.86. The van der Waals surface area contributed by atoms with Crippen LogP contribution in [0.4, 0.5) is 0 Å². The molecule has 0 aromatic carbocycles. The molecule has 0 aliphatic carbocycles. The second-order valence-electron chi connectivity index (χ2n) is 4.98. The first-order valence-corrected chi connectivity index (χ1v) is 9.91. The van der Waals surface area contributed by atoms with Gasteiger partial charge in [0, 0.05) is 31.3 Å². The van der Waals surface area contributed by atoms with Crippen molar-refractivity contribution in [2.24, 2.45) is 0 Å². The number of halogens is 1. The van der Waals surface area contributed by atoms with Crippen LogP contribution in [0.5, 0.6) is 0 Å². The molecule has 0 atom stereocenters. The number of fused-ring (bicyclic) bond motifs is 3. The predicted molar refractivity (Wildman–Crippen MR) is 82.1 cm³/mol.